The Balaban J connectivity index is 1.56. The summed E-state index contributed by atoms with van der Waals surface area (Å²) in [7, 11) is 0. The lowest BCUT2D eigenvalue weighted by molar-refractivity contribution is -0.121. The molecule has 0 aliphatic heterocycles. The van der Waals surface area contributed by atoms with Gasteiger partial charge in [0, 0.05) is 17.8 Å². The summed E-state index contributed by atoms with van der Waals surface area (Å²) < 4.78 is 18.6. The van der Waals surface area contributed by atoms with Crippen molar-refractivity contribution in [2.45, 2.75) is 25.8 Å². The third kappa shape index (κ3) is 3.97. The van der Waals surface area contributed by atoms with Crippen LogP contribution in [0, 0.1) is 5.82 Å². The van der Waals surface area contributed by atoms with Crippen LogP contribution in [0.2, 0.25) is 0 Å². The summed E-state index contributed by atoms with van der Waals surface area (Å²) in [6.07, 6.45) is 0.870. The number of carbonyl (C=O) groups is 1. The van der Waals surface area contributed by atoms with Gasteiger partial charge in [0.1, 0.15) is 17.2 Å². The first kappa shape index (κ1) is 15.3. The highest BCUT2D eigenvalue weighted by Crippen LogP contribution is 2.19. The van der Waals surface area contributed by atoms with Crippen molar-refractivity contribution < 1.29 is 13.6 Å². The maximum absolute atomic E-state index is 12.9. The first-order valence-electron chi connectivity index (χ1n) is 7.61. The lowest BCUT2D eigenvalue weighted by Gasteiger charge is -2.12. The molecule has 1 N–H and O–H groups in total. The number of furan rings is 1. The topological polar surface area (TPSA) is 42.2 Å². The van der Waals surface area contributed by atoms with Crippen LogP contribution in [0.3, 0.4) is 0 Å². The number of halogens is 1. The van der Waals surface area contributed by atoms with E-state index in [1.807, 2.05) is 37.3 Å². The van der Waals surface area contributed by atoms with Gasteiger partial charge >= 0.3 is 0 Å². The highest BCUT2D eigenvalue weighted by atomic mass is 19.1. The number of para-hydroxylation sites is 1. The molecule has 23 heavy (non-hydrogen) atoms. The molecular weight excluding hydrogens is 293 g/mol. The molecule has 0 aliphatic carbocycles. The Bertz CT molecular complexity index is 775. The molecule has 2 aromatic carbocycles. The molecule has 0 fully saturated rings. The molecule has 1 atom stereocenters. The average molecular weight is 311 g/mol. The van der Waals surface area contributed by atoms with E-state index in [0.29, 0.717) is 6.42 Å². The quantitative estimate of drug-likeness (QED) is 0.777. The zero-order valence-electron chi connectivity index (χ0n) is 12.9. The monoisotopic (exact) mass is 311 g/mol. The van der Waals surface area contributed by atoms with Crippen LogP contribution >= 0.6 is 0 Å². The van der Waals surface area contributed by atoms with Crippen LogP contribution in [-0.4, -0.2) is 11.9 Å². The van der Waals surface area contributed by atoms with Gasteiger partial charge in [-0.1, -0.05) is 30.3 Å². The molecule has 0 aliphatic rings. The van der Waals surface area contributed by atoms with Crippen molar-refractivity contribution in [1.29, 1.82) is 0 Å². The number of nitrogens with one attached hydrogen (secondary N) is 1. The molecule has 1 heterocycles. The highest BCUT2D eigenvalue weighted by Gasteiger charge is 2.12. The van der Waals surface area contributed by atoms with Crippen molar-refractivity contribution in [1.82, 2.24) is 5.32 Å². The maximum Gasteiger partial charge on any atom is 0.224 e. The van der Waals surface area contributed by atoms with E-state index in [1.165, 1.54) is 12.1 Å². The van der Waals surface area contributed by atoms with Gasteiger partial charge in [-0.15, -0.1) is 0 Å². The largest absolute Gasteiger partial charge is 0.461 e. The number of benzene rings is 2. The van der Waals surface area contributed by atoms with E-state index in [9.17, 15) is 9.18 Å². The number of hydrogen-bond acceptors (Lipinski definition) is 2. The standard InChI is InChI=1S/C19H18FNO2/c1-13(10-17-12-15-4-2-3-5-18(15)23-17)21-19(22)11-14-6-8-16(20)9-7-14/h2-9,12-13H,10-11H2,1H3,(H,21,22). The summed E-state index contributed by atoms with van der Waals surface area (Å²) in [6.45, 7) is 1.94. The molecule has 0 saturated carbocycles. The van der Waals surface area contributed by atoms with E-state index < -0.39 is 0 Å². The van der Waals surface area contributed by atoms with Gasteiger partial charge in [-0.25, -0.2) is 4.39 Å². The van der Waals surface area contributed by atoms with Gasteiger partial charge in [0.05, 0.1) is 6.42 Å². The Morgan fingerprint density at radius 3 is 2.65 bits per heavy atom. The van der Waals surface area contributed by atoms with Crippen molar-refractivity contribution in [2.24, 2.45) is 0 Å². The summed E-state index contributed by atoms with van der Waals surface area (Å²) in [5.41, 5.74) is 1.65. The fourth-order valence-electron chi connectivity index (χ4n) is 2.60. The lowest BCUT2D eigenvalue weighted by Crippen LogP contribution is -2.35. The summed E-state index contributed by atoms with van der Waals surface area (Å²) in [6, 6.07) is 15.8. The molecule has 118 valence electrons. The minimum Gasteiger partial charge on any atom is -0.461 e. The second-order valence-electron chi connectivity index (χ2n) is 5.73. The molecule has 0 spiro atoms. The third-order valence-corrected chi connectivity index (χ3v) is 3.67. The molecular formula is C19H18FNO2. The normalized spacial score (nSPS) is 12.3. The van der Waals surface area contributed by atoms with Gasteiger partial charge in [0.15, 0.2) is 0 Å². The van der Waals surface area contributed by atoms with Crippen LogP contribution in [0.15, 0.2) is 59.0 Å². The van der Waals surface area contributed by atoms with Gasteiger partial charge in [-0.2, -0.15) is 0 Å². The van der Waals surface area contributed by atoms with Crippen molar-refractivity contribution in [3.8, 4) is 0 Å². The number of fused-ring (bicyclic) bond motifs is 1. The van der Waals surface area contributed by atoms with Gasteiger partial charge < -0.3 is 9.73 Å². The van der Waals surface area contributed by atoms with Crippen LogP contribution in [0.1, 0.15) is 18.2 Å². The summed E-state index contributed by atoms with van der Waals surface area (Å²) in [5.74, 6) is 0.466. The third-order valence-electron chi connectivity index (χ3n) is 3.67. The molecule has 1 unspecified atom stereocenters. The summed E-state index contributed by atoms with van der Waals surface area (Å²) in [5, 5.41) is 4.01. The minimum atomic E-state index is -0.299. The Hall–Kier alpha value is -2.62. The maximum atomic E-state index is 12.9. The average Bonchev–Trinajstić information content (AvgIpc) is 2.91. The van der Waals surface area contributed by atoms with Gasteiger partial charge in [-0.3, -0.25) is 4.79 Å². The molecule has 3 nitrogen and oxygen atoms in total. The van der Waals surface area contributed by atoms with Gasteiger partial charge in [0.25, 0.3) is 0 Å². The van der Waals surface area contributed by atoms with E-state index >= 15 is 0 Å². The number of carbonyl (C=O) groups excluding carboxylic acids is 1. The van der Waals surface area contributed by atoms with E-state index in [1.54, 1.807) is 12.1 Å². The Morgan fingerprint density at radius 2 is 1.91 bits per heavy atom. The van der Waals surface area contributed by atoms with Crippen LogP contribution in [0.5, 0.6) is 0 Å². The van der Waals surface area contributed by atoms with E-state index in [4.69, 9.17) is 4.42 Å². The summed E-state index contributed by atoms with van der Waals surface area (Å²) in [4.78, 5) is 12.0. The van der Waals surface area contributed by atoms with Gasteiger partial charge in [0.2, 0.25) is 5.91 Å². The Morgan fingerprint density at radius 1 is 1.17 bits per heavy atom. The van der Waals surface area contributed by atoms with Crippen molar-refractivity contribution in [3.63, 3.8) is 0 Å². The minimum absolute atomic E-state index is 0.0384. The number of hydrogen-bond donors (Lipinski definition) is 1. The first-order chi connectivity index (χ1) is 11.1. The van der Waals surface area contributed by atoms with E-state index in [0.717, 1.165) is 22.3 Å². The van der Waals surface area contributed by atoms with Crippen LogP contribution in [-0.2, 0) is 17.6 Å². The zero-order valence-corrected chi connectivity index (χ0v) is 12.9. The van der Waals surface area contributed by atoms with E-state index in [-0.39, 0.29) is 24.2 Å². The van der Waals surface area contributed by atoms with E-state index in [2.05, 4.69) is 5.32 Å². The van der Waals surface area contributed by atoms with Crippen LogP contribution in [0.4, 0.5) is 4.39 Å². The van der Waals surface area contributed by atoms with Crippen LogP contribution in [0.25, 0.3) is 11.0 Å². The molecule has 0 radical (unpaired) electrons. The highest BCUT2D eigenvalue weighted by molar-refractivity contribution is 5.79. The smallest absolute Gasteiger partial charge is 0.224 e. The molecule has 0 bridgehead atoms. The molecule has 0 saturated heterocycles. The molecule has 3 aromatic rings. The van der Waals surface area contributed by atoms with Crippen molar-refractivity contribution in [2.75, 3.05) is 0 Å². The predicted molar refractivity (Wildman–Crippen MR) is 87.6 cm³/mol. The van der Waals surface area contributed by atoms with Crippen molar-refractivity contribution >= 4 is 16.9 Å². The second-order valence-corrected chi connectivity index (χ2v) is 5.73. The molecule has 4 heteroatoms. The Labute approximate surface area is 134 Å². The van der Waals surface area contributed by atoms with Crippen molar-refractivity contribution in [3.05, 3.63) is 71.7 Å². The lowest BCUT2D eigenvalue weighted by atomic mass is 10.1. The molecule has 3 rings (SSSR count). The fourth-order valence-corrected chi connectivity index (χ4v) is 2.60. The zero-order chi connectivity index (χ0) is 16.2. The number of amides is 1. The van der Waals surface area contributed by atoms with Gasteiger partial charge in [-0.05, 0) is 36.8 Å². The summed E-state index contributed by atoms with van der Waals surface area (Å²) >= 11 is 0. The predicted octanol–water partition coefficient (Wildman–Crippen LogP) is 3.86. The number of rotatable bonds is 5. The van der Waals surface area contributed by atoms with Crippen LogP contribution < -0.4 is 5.32 Å². The first-order valence-corrected chi connectivity index (χ1v) is 7.61. The molecule has 1 amide bonds. The second kappa shape index (κ2) is 6.65. The fraction of sp³-hybridized carbons (Fsp3) is 0.211. The molecule has 1 aromatic heterocycles. The Kier molecular flexibility index (Phi) is 4.42. The SMILES string of the molecule is CC(Cc1cc2ccccc2o1)NC(=O)Cc1ccc(F)cc1.